The minimum atomic E-state index is -0.277. The van der Waals surface area contributed by atoms with E-state index < -0.39 is 0 Å². The van der Waals surface area contributed by atoms with E-state index in [1.165, 1.54) is 22.0 Å². The van der Waals surface area contributed by atoms with Gasteiger partial charge in [0.25, 0.3) is 0 Å². The largest absolute Gasteiger partial charge is 0.368 e. The molecular weight excluding hydrogens is 368 g/mol. The molecular formula is C19H21BrN2O2. The molecule has 0 atom stereocenters. The molecule has 24 heavy (non-hydrogen) atoms. The van der Waals surface area contributed by atoms with Crippen LogP contribution in [0.4, 0.5) is 5.69 Å². The lowest BCUT2D eigenvalue weighted by atomic mass is 9.87. The molecule has 5 heteroatoms. The van der Waals surface area contributed by atoms with Crippen molar-refractivity contribution in [2.24, 2.45) is 0 Å². The summed E-state index contributed by atoms with van der Waals surface area (Å²) in [6.07, 6.45) is 9.37. The van der Waals surface area contributed by atoms with Gasteiger partial charge in [-0.2, -0.15) is 0 Å². The molecule has 5 rings (SSSR count). The van der Waals surface area contributed by atoms with Crippen molar-refractivity contribution in [3.05, 3.63) is 34.6 Å². The Morgan fingerprint density at radius 3 is 2.71 bits per heavy atom. The normalized spacial score (nSPS) is 23.3. The molecule has 0 N–H and O–H groups in total. The smallest absolute Gasteiger partial charge is 0.168 e. The summed E-state index contributed by atoms with van der Waals surface area (Å²) in [4.78, 5) is 7.03. The molecule has 2 aromatic rings. The van der Waals surface area contributed by atoms with Gasteiger partial charge in [-0.1, -0.05) is 15.9 Å². The van der Waals surface area contributed by atoms with E-state index in [1.807, 2.05) is 12.4 Å². The summed E-state index contributed by atoms with van der Waals surface area (Å²) in [5, 5.41) is 2.62. The Bertz CT molecular complexity index is 778. The fourth-order valence-corrected chi connectivity index (χ4v) is 5.10. The molecule has 3 heterocycles. The summed E-state index contributed by atoms with van der Waals surface area (Å²) in [6, 6.07) is 5.02. The second kappa shape index (κ2) is 5.68. The van der Waals surface area contributed by atoms with Gasteiger partial charge in [0, 0.05) is 58.8 Å². The second-order valence-electron chi connectivity index (χ2n) is 7.10. The van der Waals surface area contributed by atoms with Crippen LogP contribution in [0.15, 0.2) is 29.0 Å². The van der Waals surface area contributed by atoms with Gasteiger partial charge >= 0.3 is 0 Å². The van der Waals surface area contributed by atoms with Gasteiger partial charge in [-0.05, 0) is 37.0 Å². The third kappa shape index (κ3) is 2.37. The van der Waals surface area contributed by atoms with Crippen molar-refractivity contribution >= 4 is 32.4 Å². The van der Waals surface area contributed by atoms with Gasteiger partial charge in [-0.25, -0.2) is 0 Å². The maximum Gasteiger partial charge on any atom is 0.168 e. The van der Waals surface area contributed by atoms with Crippen LogP contribution in [0.1, 0.15) is 31.2 Å². The van der Waals surface area contributed by atoms with Crippen molar-refractivity contribution in [3.63, 3.8) is 0 Å². The van der Waals surface area contributed by atoms with Crippen LogP contribution in [0.3, 0.4) is 0 Å². The van der Waals surface area contributed by atoms with Crippen molar-refractivity contribution in [3.8, 4) is 0 Å². The molecule has 1 aromatic heterocycles. The molecule has 1 aliphatic carbocycles. The van der Waals surface area contributed by atoms with E-state index in [2.05, 4.69) is 37.9 Å². The van der Waals surface area contributed by atoms with Gasteiger partial charge in [0.15, 0.2) is 5.79 Å². The Kier molecular flexibility index (Phi) is 3.58. The summed E-state index contributed by atoms with van der Waals surface area (Å²) in [5.41, 5.74) is 2.73. The summed E-state index contributed by atoms with van der Waals surface area (Å²) < 4.78 is 12.9. The first-order chi connectivity index (χ1) is 11.7. The van der Waals surface area contributed by atoms with Crippen LogP contribution >= 0.6 is 15.9 Å². The van der Waals surface area contributed by atoms with Gasteiger partial charge in [0.2, 0.25) is 0 Å². The minimum Gasteiger partial charge on any atom is -0.368 e. The van der Waals surface area contributed by atoms with Crippen LogP contribution in [0.2, 0.25) is 0 Å². The van der Waals surface area contributed by atoms with Crippen molar-refractivity contribution in [2.45, 2.75) is 43.9 Å². The third-order valence-corrected chi connectivity index (χ3v) is 6.24. The third-order valence-electron chi connectivity index (χ3n) is 5.78. The number of pyridine rings is 1. The lowest BCUT2D eigenvalue weighted by Gasteiger charge is -2.43. The van der Waals surface area contributed by atoms with E-state index in [0.29, 0.717) is 6.04 Å². The number of benzene rings is 1. The average Bonchev–Trinajstić information content (AvgIpc) is 3.04. The lowest BCUT2D eigenvalue weighted by Crippen LogP contribution is -2.46. The van der Waals surface area contributed by atoms with E-state index in [4.69, 9.17) is 9.47 Å². The van der Waals surface area contributed by atoms with Crippen LogP contribution in [0.5, 0.6) is 0 Å². The fourth-order valence-electron chi connectivity index (χ4n) is 4.63. The van der Waals surface area contributed by atoms with Crippen molar-refractivity contribution in [1.29, 1.82) is 0 Å². The van der Waals surface area contributed by atoms with Gasteiger partial charge in [0.05, 0.1) is 13.2 Å². The highest BCUT2D eigenvalue weighted by Crippen LogP contribution is 2.42. The van der Waals surface area contributed by atoms with Gasteiger partial charge in [0.1, 0.15) is 0 Å². The molecule has 1 saturated heterocycles. The zero-order chi connectivity index (χ0) is 16.1. The Morgan fingerprint density at radius 1 is 1.12 bits per heavy atom. The van der Waals surface area contributed by atoms with E-state index in [-0.39, 0.29) is 5.79 Å². The van der Waals surface area contributed by atoms with Crippen LogP contribution < -0.4 is 4.90 Å². The van der Waals surface area contributed by atoms with Crippen LogP contribution in [0.25, 0.3) is 10.8 Å². The highest BCUT2D eigenvalue weighted by atomic mass is 79.9. The minimum absolute atomic E-state index is 0.277. The van der Waals surface area contributed by atoms with Gasteiger partial charge in [-0.3, -0.25) is 4.98 Å². The molecule has 126 valence electrons. The van der Waals surface area contributed by atoms with E-state index in [1.54, 1.807) is 0 Å². The quantitative estimate of drug-likeness (QED) is 0.737. The Hall–Kier alpha value is -1.17. The summed E-state index contributed by atoms with van der Waals surface area (Å²) in [7, 11) is 0. The molecule has 1 aromatic carbocycles. The van der Waals surface area contributed by atoms with E-state index in [9.17, 15) is 0 Å². The number of hydrogen-bond acceptors (Lipinski definition) is 4. The van der Waals surface area contributed by atoms with Crippen LogP contribution in [-0.2, 0) is 15.9 Å². The molecule has 0 radical (unpaired) electrons. The summed E-state index contributed by atoms with van der Waals surface area (Å²) in [5.74, 6) is -0.277. The zero-order valence-corrected chi connectivity index (χ0v) is 15.2. The van der Waals surface area contributed by atoms with Crippen LogP contribution in [0, 0.1) is 0 Å². The van der Waals surface area contributed by atoms with Gasteiger partial charge in [-0.15, -0.1) is 0 Å². The Balaban J connectivity index is 1.48. The van der Waals surface area contributed by atoms with Crippen molar-refractivity contribution in [2.75, 3.05) is 24.7 Å². The Morgan fingerprint density at radius 2 is 1.92 bits per heavy atom. The molecule has 1 saturated carbocycles. The second-order valence-corrected chi connectivity index (χ2v) is 8.02. The average molecular weight is 389 g/mol. The molecule has 0 unspecified atom stereocenters. The molecule has 2 aliphatic heterocycles. The highest BCUT2D eigenvalue weighted by Gasteiger charge is 2.42. The first kappa shape index (κ1) is 15.1. The standard InChI is InChI=1S/C19H21BrN2O2/c20-15-9-14-12-21-11-13-3-6-22(17(10-15)18(13)14)16-1-4-19(5-2-16)23-7-8-24-19/h9-12,16H,1-8H2. The maximum atomic E-state index is 5.89. The number of aromatic nitrogens is 1. The number of ether oxygens (including phenoxy) is 2. The number of anilines is 1. The van der Waals surface area contributed by atoms with E-state index in [0.717, 1.165) is 56.3 Å². The van der Waals surface area contributed by atoms with E-state index >= 15 is 0 Å². The summed E-state index contributed by atoms with van der Waals surface area (Å²) in [6.45, 7) is 2.58. The molecule has 3 aliphatic rings. The zero-order valence-electron chi connectivity index (χ0n) is 13.6. The van der Waals surface area contributed by atoms with Crippen molar-refractivity contribution < 1.29 is 9.47 Å². The first-order valence-corrected chi connectivity index (χ1v) is 9.64. The topological polar surface area (TPSA) is 34.6 Å². The highest BCUT2D eigenvalue weighted by molar-refractivity contribution is 9.10. The predicted molar refractivity (Wildman–Crippen MR) is 97.4 cm³/mol. The first-order valence-electron chi connectivity index (χ1n) is 8.85. The monoisotopic (exact) mass is 388 g/mol. The molecule has 4 nitrogen and oxygen atoms in total. The lowest BCUT2D eigenvalue weighted by molar-refractivity contribution is -0.178. The molecule has 0 amide bonds. The molecule has 1 spiro atoms. The number of rotatable bonds is 1. The number of hydrogen-bond donors (Lipinski definition) is 0. The maximum absolute atomic E-state index is 5.89. The Labute approximate surface area is 150 Å². The SMILES string of the molecule is Brc1cc2c3c(cncc3c1)CCN2C1CCC2(CC1)OCCO2. The fraction of sp³-hybridized carbons (Fsp3) is 0.526. The number of halogens is 1. The van der Waals surface area contributed by atoms with Crippen molar-refractivity contribution in [1.82, 2.24) is 4.98 Å². The predicted octanol–water partition coefficient (Wildman–Crippen LogP) is 4.05. The number of nitrogens with zero attached hydrogens (tertiary/aromatic N) is 2. The van der Waals surface area contributed by atoms with Crippen LogP contribution in [-0.4, -0.2) is 36.6 Å². The summed E-state index contributed by atoms with van der Waals surface area (Å²) >= 11 is 3.68. The van der Waals surface area contributed by atoms with Gasteiger partial charge < -0.3 is 14.4 Å². The molecule has 0 bridgehead atoms. The molecule has 2 fully saturated rings.